The van der Waals surface area contributed by atoms with Crippen LogP contribution in [0.3, 0.4) is 0 Å². The molecule has 2 fully saturated rings. The Morgan fingerprint density at radius 1 is 0.938 bits per heavy atom. The molecule has 2 saturated carbocycles. The third kappa shape index (κ3) is 2.59. The van der Waals surface area contributed by atoms with Crippen molar-refractivity contribution in [3.05, 3.63) is 0 Å². The highest BCUT2D eigenvalue weighted by Crippen LogP contribution is 2.44. The first-order valence-corrected chi connectivity index (χ1v) is 7.04. The van der Waals surface area contributed by atoms with E-state index in [4.69, 9.17) is 5.26 Å². The Hall–Kier alpha value is -0.510. The van der Waals surface area contributed by atoms with Crippen molar-refractivity contribution in [1.82, 2.24) is 0 Å². The summed E-state index contributed by atoms with van der Waals surface area (Å²) in [5.74, 6) is 2.89. The van der Waals surface area contributed by atoms with Gasteiger partial charge in [-0.1, -0.05) is 19.8 Å². The maximum Gasteiger partial charge on any atom is 0.0686 e. The highest BCUT2D eigenvalue weighted by molar-refractivity contribution is 4.99. The lowest BCUT2D eigenvalue weighted by Gasteiger charge is -2.39. The third-order valence-electron chi connectivity index (χ3n) is 5.13. The fourth-order valence-electron chi connectivity index (χ4n) is 3.62. The molecule has 0 amide bonds. The molecule has 2 rings (SSSR count). The van der Waals surface area contributed by atoms with Gasteiger partial charge in [0.15, 0.2) is 0 Å². The first kappa shape index (κ1) is 12.0. The van der Waals surface area contributed by atoms with Crippen LogP contribution in [-0.2, 0) is 0 Å². The van der Waals surface area contributed by atoms with E-state index in [0.717, 1.165) is 30.6 Å². The summed E-state index contributed by atoms with van der Waals surface area (Å²) in [5, 5.41) is 9.13. The third-order valence-corrected chi connectivity index (χ3v) is 5.13. The van der Waals surface area contributed by atoms with Crippen molar-refractivity contribution >= 4 is 0 Å². The predicted octanol–water partition coefficient (Wildman–Crippen LogP) is 4.53. The zero-order valence-electron chi connectivity index (χ0n) is 10.8. The molecule has 0 aliphatic heterocycles. The van der Waals surface area contributed by atoms with Crippen LogP contribution >= 0.6 is 0 Å². The van der Waals surface area contributed by atoms with E-state index in [9.17, 15) is 0 Å². The fourth-order valence-corrected chi connectivity index (χ4v) is 3.62. The smallest absolute Gasteiger partial charge is 0.0686 e. The second-order valence-corrected chi connectivity index (χ2v) is 6.53. The molecule has 0 bridgehead atoms. The van der Waals surface area contributed by atoms with E-state index in [1.165, 1.54) is 38.5 Å². The maximum atomic E-state index is 9.13. The van der Waals surface area contributed by atoms with E-state index in [0.29, 0.717) is 0 Å². The Bertz CT molecular complexity index is 260. The number of hydrogen-bond acceptors (Lipinski definition) is 1. The van der Waals surface area contributed by atoms with E-state index in [2.05, 4.69) is 19.9 Å². The molecule has 0 aromatic heterocycles. The Balaban J connectivity index is 1.83. The zero-order chi connectivity index (χ0) is 11.6. The van der Waals surface area contributed by atoms with Gasteiger partial charge in [-0.3, -0.25) is 0 Å². The fraction of sp³-hybridized carbons (Fsp3) is 0.933. The molecule has 0 heterocycles. The van der Waals surface area contributed by atoms with Gasteiger partial charge in [-0.25, -0.2) is 0 Å². The van der Waals surface area contributed by atoms with Crippen LogP contribution in [0.5, 0.6) is 0 Å². The molecule has 0 atom stereocenters. The quantitative estimate of drug-likeness (QED) is 0.635. The molecule has 0 saturated heterocycles. The molecule has 90 valence electrons. The van der Waals surface area contributed by atoms with E-state index >= 15 is 0 Å². The Morgan fingerprint density at radius 3 is 1.94 bits per heavy atom. The van der Waals surface area contributed by atoms with Crippen LogP contribution in [0.25, 0.3) is 0 Å². The van der Waals surface area contributed by atoms with Gasteiger partial charge in [-0.05, 0) is 63.2 Å². The van der Waals surface area contributed by atoms with E-state index in [-0.39, 0.29) is 5.41 Å². The minimum atomic E-state index is -0.00153. The lowest BCUT2D eigenvalue weighted by atomic mass is 9.66. The number of rotatable bonds is 1. The van der Waals surface area contributed by atoms with Crippen molar-refractivity contribution in [3.8, 4) is 6.07 Å². The molecule has 0 spiro atoms. The molecule has 2 aliphatic carbocycles. The van der Waals surface area contributed by atoms with Crippen molar-refractivity contribution in [2.75, 3.05) is 0 Å². The Labute approximate surface area is 100 Å². The molecule has 0 unspecified atom stereocenters. The summed E-state index contributed by atoms with van der Waals surface area (Å²) >= 11 is 0. The van der Waals surface area contributed by atoms with Gasteiger partial charge in [0.1, 0.15) is 0 Å². The predicted molar refractivity (Wildman–Crippen MR) is 66.8 cm³/mol. The number of nitrogens with zero attached hydrogens (tertiary/aromatic N) is 1. The lowest BCUT2D eigenvalue weighted by molar-refractivity contribution is 0.133. The summed E-state index contributed by atoms with van der Waals surface area (Å²) in [6.07, 6.45) is 10.7. The lowest BCUT2D eigenvalue weighted by Crippen LogP contribution is -2.29. The van der Waals surface area contributed by atoms with Crippen molar-refractivity contribution in [1.29, 1.82) is 5.26 Å². The van der Waals surface area contributed by atoms with Crippen LogP contribution in [0.1, 0.15) is 65.2 Å². The van der Waals surface area contributed by atoms with E-state index in [1.54, 1.807) is 0 Å². The molecule has 0 radical (unpaired) electrons. The van der Waals surface area contributed by atoms with Crippen LogP contribution in [0, 0.1) is 34.5 Å². The van der Waals surface area contributed by atoms with Gasteiger partial charge in [0.05, 0.1) is 11.5 Å². The second-order valence-electron chi connectivity index (χ2n) is 6.53. The monoisotopic (exact) mass is 219 g/mol. The topological polar surface area (TPSA) is 23.8 Å². The Kier molecular flexibility index (Phi) is 3.57. The summed E-state index contributed by atoms with van der Waals surface area (Å²) in [7, 11) is 0. The van der Waals surface area contributed by atoms with E-state index < -0.39 is 0 Å². The first-order chi connectivity index (χ1) is 7.63. The summed E-state index contributed by atoms with van der Waals surface area (Å²) in [6.45, 7) is 4.54. The number of nitriles is 1. The molecule has 2 aliphatic rings. The normalized spacial score (nSPS) is 44.9. The van der Waals surface area contributed by atoms with Crippen LogP contribution in [-0.4, -0.2) is 0 Å². The van der Waals surface area contributed by atoms with Crippen LogP contribution < -0.4 is 0 Å². The molecule has 1 heteroatoms. The van der Waals surface area contributed by atoms with Gasteiger partial charge >= 0.3 is 0 Å². The maximum absolute atomic E-state index is 9.13. The highest BCUT2D eigenvalue weighted by atomic mass is 14.4. The molecule has 0 aromatic rings. The van der Waals surface area contributed by atoms with Crippen molar-refractivity contribution in [3.63, 3.8) is 0 Å². The molecular formula is C15H25N. The van der Waals surface area contributed by atoms with Crippen LogP contribution in [0.15, 0.2) is 0 Å². The average molecular weight is 219 g/mol. The van der Waals surface area contributed by atoms with E-state index in [1.807, 2.05) is 0 Å². The summed E-state index contributed by atoms with van der Waals surface area (Å²) < 4.78 is 0. The number of hydrogen-bond donors (Lipinski definition) is 0. The van der Waals surface area contributed by atoms with Crippen LogP contribution in [0.4, 0.5) is 0 Å². The van der Waals surface area contributed by atoms with Gasteiger partial charge in [0, 0.05) is 0 Å². The zero-order valence-corrected chi connectivity index (χ0v) is 10.8. The minimum Gasteiger partial charge on any atom is -0.198 e. The van der Waals surface area contributed by atoms with Gasteiger partial charge < -0.3 is 0 Å². The van der Waals surface area contributed by atoms with Crippen molar-refractivity contribution < 1.29 is 0 Å². The summed E-state index contributed by atoms with van der Waals surface area (Å²) in [4.78, 5) is 0. The molecule has 0 aromatic carbocycles. The molecular weight excluding hydrogens is 194 g/mol. The van der Waals surface area contributed by atoms with Gasteiger partial charge in [0.2, 0.25) is 0 Å². The van der Waals surface area contributed by atoms with Crippen LogP contribution in [0.2, 0.25) is 0 Å². The SMILES string of the molecule is CC1CCC(C2CCC(C)(C#N)CC2)CC1. The average Bonchev–Trinajstić information content (AvgIpc) is 2.32. The van der Waals surface area contributed by atoms with Gasteiger partial charge in [0.25, 0.3) is 0 Å². The van der Waals surface area contributed by atoms with Gasteiger partial charge in [-0.2, -0.15) is 5.26 Å². The minimum absolute atomic E-state index is 0.00153. The summed E-state index contributed by atoms with van der Waals surface area (Å²) in [6, 6.07) is 2.51. The summed E-state index contributed by atoms with van der Waals surface area (Å²) in [5.41, 5.74) is -0.00153. The van der Waals surface area contributed by atoms with Crippen molar-refractivity contribution in [2.45, 2.75) is 65.2 Å². The highest BCUT2D eigenvalue weighted by Gasteiger charge is 2.35. The molecule has 0 N–H and O–H groups in total. The second kappa shape index (κ2) is 4.78. The first-order valence-electron chi connectivity index (χ1n) is 7.04. The van der Waals surface area contributed by atoms with Crippen molar-refractivity contribution in [2.24, 2.45) is 23.2 Å². The largest absolute Gasteiger partial charge is 0.198 e. The van der Waals surface area contributed by atoms with Gasteiger partial charge in [-0.15, -0.1) is 0 Å². The standard InChI is InChI=1S/C15H25N/c1-12-3-5-13(6-4-12)14-7-9-15(2,11-16)10-8-14/h12-14H,3-10H2,1-2H3. The molecule has 1 nitrogen and oxygen atoms in total. The Morgan fingerprint density at radius 2 is 1.44 bits per heavy atom. The molecule has 16 heavy (non-hydrogen) atoms.